The second-order valence-corrected chi connectivity index (χ2v) is 14.6. The number of ether oxygens (including phenoxy) is 3. The molecule has 0 amide bonds. The summed E-state index contributed by atoms with van der Waals surface area (Å²) in [6.07, 6.45) is 2.76. The molecule has 8 nitrogen and oxygen atoms in total. The molecule has 1 fully saturated rings. The van der Waals surface area contributed by atoms with Gasteiger partial charge in [0.15, 0.2) is 6.10 Å². The predicted molar refractivity (Wildman–Crippen MR) is 190 cm³/mol. The normalized spacial score (nSPS) is 20.9. The molecule has 0 spiro atoms. The summed E-state index contributed by atoms with van der Waals surface area (Å²) in [4.78, 5) is 20.1. The molecular formula is C38H45BrFN3O5. The number of rotatable bonds is 4. The zero-order valence-corrected chi connectivity index (χ0v) is 30.2. The largest absolute Gasteiger partial charge is 0.490 e. The van der Waals surface area contributed by atoms with Crippen molar-refractivity contribution in [1.82, 2.24) is 9.38 Å². The maximum absolute atomic E-state index is 15.1. The van der Waals surface area contributed by atoms with Gasteiger partial charge in [-0.3, -0.25) is 4.40 Å². The number of halogens is 2. The summed E-state index contributed by atoms with van der Waals surface area (Å²) in [5.41, 5.74) is 5.32. The SMILES string of the molecule is Cc1cc2c(cc1F)-c1cccc(c1)-c1nc3cc(C)c(C(OC(C)C)C(=O)O)c(n3c1Br)N1CCC(C)(CC1)OCCCCC(C)O2. The Kier molecular flexibility index (Phi) is 9.89. The molecule has 6 bridgehead atoms. The number of fused-ring (bicyclic) bond motifs is 8. The molecule has 256 valence electrons. The maximum Gasteiger partial charge on any atom is 0.337 e. The number of piperidine rings is 1. The van der Waals surface area contributed by atoms with Gasteiger partial charge in [0, 0.05) is 36.4 Å². The van der Waals surface area contributed by atoms with Crippen LogP contribution < -0.4 is 9.64 Å². The van der Waals surface area contributed by atoms with Crippen molar-refractivity contribution in [3.8, 4) is 28.1 Å². The minimum Gasteiger partial charge on any atom is -0.490 e. The summed E-state index contributed by atoms with van der Waals surface area (Å²) in [6, 6.07) is 13.1. The summed E-state index contributed by atoms with van der Waals surface area (Å²) in [7, 11) is 0. The fourth-order valence-electron chi connectivity index (χ4n) is 6.90. The second-order valence-electron chi connectivity index (χ2n) is 13.8. The zero-order chi connectivity index (χ0) is 34.3. The highest BCUT2D eigenvalue weighted by molar-refractivity contribution is 9.10. The Morgan fingerprint density at radius 1 is 1.10 bits per heavy atom. The van der Waals surface area contributed by atoms with Gasteiger partial charge < -0.3 is 24.2 Å². The number of carboxylic acids is 1. The van der Waals surface area contributed by atoms with Crippen LogP contribution in [0, 0.1) is 19.7 Å². The van der Waals surface area contributed by atoms with E-state index in [1.54, 1.807) is 19.1 Å². The standard InChI is InChI=1S/C38H45BrFN3O5/c1-22(2)47-34(37(44)45)32-24(4)19-31-41-33-27-12-9-11-26(20-27)28-21-29(40)23(3)18-30(28)48-25(5)10-7-8-17-46-38(6)13-15-42(16-14-38)36(32)43(31)35(33)39/h9,11-12,18-22,25,34H,7-8,10,13-17H2,1-6H3,(H,44,45). The van der Waals surface area contributed by atoms with Crippen LogP contribution in [-0.4, -0.2) is 58.0 Å². The van der Waals surface area contributed by atoms with E-state index in [1.807, 2.05) is 55.5 Å². The molecule has 1 N–H and O–H groups in total. The van der Waals surface area contributed by atoms with E-state index in [-0.39, 0.29) is 23.6 Å². The number of carbonyl (C=O) groups is 1. The van der Waals surface area contributed by atoms with Crippen LogP contribution in [0.3, 0.4) is 0 Å². The van der Waals surface area contributed by atoms with E-state index in [0.717, 1.165) is 54.6 Å². The Morgan fingerprint density at radius 3 is 2.54 bits per heavy atom. The molecule has 0 aliphatic carbocycles. The van der Waals surface area contributed by atoms with E-state index >= 15 is 4.39 Å². The van der Waals surface area contributed by atoms with Gasteiger partial charge in [0.1, 0.15) is 33.3 Å². The van der Waals surface area contributed by atoms with Gasteiger partial charge in [0.2, 0.25) is 0 Å². The van der Waals surface area contributed by atoms with Crippen molar-refractivity contribution in [2.75, 3.05) is 24.6 Å². The number of anilines is 1. The van der Waals surface area contributed by atoms with E-state index < -0.39 is 12.1 Å². The van der Waals surface area contributed by atoms with Gasteiger partial charge in [-0.2, -0.15) is 0 Å². The van der Waals surface area contributed by atoms with Crippen LogP contribution >= 0.6 is 15.9 Å². The molecule has 0 saturated carbocycles. The van der Waals surface area contributed by atoms with Crippen molar-refractivity contribution < 1.29 is 28.5 Å². The highest BCUT2D eigenvalue weighted by Crippen LogP contribution is 2.42. The van der Waals surface area contributed by atoms with Gasteiger partial charge in [-0.05, 0) is 131 Å². The quantitative estimate of drug-likeness (QED) is 0.225. The Hall–Kier alpha value is -3.47. The summed E-state index contributed by atoms with van der Waals surface area (Å²) in [5, 5.41) is 10.5. The molecule has 2 aromatic heterocycles. The molecule has 2 aromatic carbocycles. The molecule has 5 heterocycles. The van der Waals surface area contributed by atoms with Gasteiger partial charge in [0.25, 0.3) is 0 Å². The number of hydrogen-bond acceptors (Lipinski definition) is 6. The number of nitrogens with zero attached hydrogens (tertiary/aromatic N) is 3. The molecular weight excluding hydrogens is 677 g/mol. The molecule has 48 heavy (non-hydrogen) atoms. The molecule has 10 heteroatoms. The highest BCUT2D eigenvalue weighted by Gasteiger charge is 2.37. The van der Waals surface area contributed by atoms with Crippen molar-refractivity contribution in [3.05, 3.63) is 69.6 Å². The number of benzene rings is 2. The van der Waals surface area contributed by atoms with Crippen molar-refractivity contribution in [1.29, 1.82) is 0 Å². The van der Waals surface area contributed by atoms with E-state index in [1.165, 1.54) is 0 Å². The van der Waals surface area contributed by atoms with E-state index in [9.17, 15) is 9.90 Å². The minimum atomic E-state index is -1.17. The highest BCUT2D eigenvalue weighted by atomic mass is 79.9. The minimum absolute atomic E-state index is 0.0565. The fourth-order valence-corrected chi connectivity index (χ4v) is 7.57. The third kappa shape index (κ3) is 6.84. The predicted octanol–water partition coefficient (Wildman–Crippen LogP) is 9.06. The first-order valence-electron chi connectivity index (χ1n) is 16.9. The number of imidazole rings is 1. The van der Waals surface area contributed by atoms with Crippen LogP contribution in [0.4, 0.5) is 10.2 Å². The number of aryl methyl sites for hydroxylation is 2. The van der Waals surface area contributed by atoms with Crippen molar-refractivity contribution in [2.24, 2.45) is 0 Å². The maximum atomic E-state index is 15.1. The summed E-state index contributed by atoms with van der Waals surface area (Å²) in [5.74, 6) is 0.0588. The first-order chi connectivity index (χ1) is 22.8. The zero-order valence-electron chi connectivity index (χ0n) is 28.6. The molecule has 3 aliphatic heterocycles. The Bertz CT molecular complexity index is 1830. The summed E-state index contributed by atoms with van der Waals surface area (Å²) in [6.45, 7) is 13.6. The van der Waals surface area contributed by atoms with E-state index in [4.69, 9.17) is 19.2 Å². The first kappa shape index (κ1) is 34.4. The van der Waals surface area contributed by atoms with Gasteiger partial charge in [-0.25, -0.2) is 14.2 Å². The summed E-state index contributed by atoms with van der Waals surface area (Å²) >= 11 is 3.89. The third-order valence-electron chi connectivity index (χ3n) is 9.58. The molecule has 3 aliphatic rings. The number of pyridine rings is 1. The van der Waals surface area contributed by atoms with E-state index in [2.05, 4.69) is 34.7 Å². The lowest BCUT2D eigenvalue weighted by Crippen LogP contribution is -2.45. The lowest BCUT2D eigenvalue weighted by atomic mass is 9.92. The van der Waals surface area contributed by atoms with Crippen LogP contribution in [0.2, 0.25) is 0 Å². The van der Waals surface area contributed by atoms with Gasteiger partial charge >= 0.3 is 5.97 Å². The van der Waals surface area contributed by atoms with Crippen LogP contribution in [-0.2, 0) is 14.3 Å². The lowest BCUT2D eigenvalue weighted by molar-refractivity contribution is -0.153. The van der Waals surface area contributed by atoms with Crippen LogP contribution in [0.15, 0.2) is 47.1 Å². The monoisotopic (exact) mass is 721 g/mol. The molecule has 4 aromatic rings. The fraction of sp³-hybridized carbons (Fsp3) is 0.474. The third-order valence-corrected chi connectivity index (χ3v) is 10.3. The number of aliphatic carboxylic acids is 1. The lowest BCUT2D eigenvalue weighted by Gasteiger charge is -2.41. The number of hydrogen-bond donors (Lipinski definition) is 1. The number of aromatic nitrogens is 2. The Labute approximate surface area is 290 Å². The second kappa shape index (κ2) is 13.8. The smallest absolute Gasteiger partial charge is 0.337 e. The molecule has 0 radical (unpaired) electrons. The van der Waals surface area contributed by atoms with Gasteiger partial charge in [-0.15, -0.1) is 0 Å². The van der Waals surface area contributed by atoms with Gasteiger partial charge in [0.05, 0.1) is 17.8 Å². The van der Waals surface area contributed by atoms with Gasteiger partial charge in [-0.1, -0.05) is 18.2 Å². The molecule has 2 atom stereocenters. The Balaban J connectivity index is 1.57. The molecule has 1 saturated heterocycles. The average Bonchev–Trinajstić information content (AvgIpc) is 3.36. The molecule has 2 unspecified atom stereocenters. The van der Waals surface area contributed by atoms with E-state index in [0.29, 0.717) is 58.1 Å². The van der Waals surface area contributed by atoms with Crippen LogP contribution in [0.25, 0.3) is 28.0 Å². The average molecular weight is 723 g/mol. The summed E-state index contributed by atoms with van der Waals surface area (Å²) < 4.78 is 36.8. The van der Waals surface area contributed by atoms with Crippen LogP contribution in [0.1, 0.15) is 82.6 Å². The van der Waals surface area contributed by atoms with Crippen molar-refractivity contribution in [2.45, 2.75) is 97.6 Å². The van der Waals surface area contributed by atoms with Crippen LogP contribution in [0.5, 0.6) is 5.75 Å². The molecule has 7 rings (SSSR count). The van der Waals surface area contributed by atoms with Crippen molar-refractivity contribution >= 4 is 33.4 Å². The number of carboxylic acid groups (broad SMARTS) is 1. The first-order valence-corrected chi connectivity index (χ1v) is 17.7. The topological polar surface area (TPSA) is 85.5 Å². The Morgan fingerprint density at radius 2 is 1.83 bits per heavy atom. The van der Waals surface area contributed by atoms with Crippen molar-refractivity contribution in [3.63, 3.8) is 0 Å².